The third kappa shape index (κ3) is 5.91. The molecule has 1 unspecified atom stereocenters. The van der Waals surface area contributed by atoms with Crippen LogP contribution in [0.25, 0.3) is 0 Å². The molecule has 2 saturated heterocycles. The molecule has 0 bridgehead atoms. The summed E-state index contributed by atoms with van der Waals surface area (Å²) in [6.45, 7) is 6.86. The van der Waals surface area contributed by atoms with Crippen molar-refractivity contribution in [1.82, 2.24) is 15.1 Å². The van der Waals surface area contributed by atoms with Crippen LogP contribution in [0.2, 0.25) is 0 Å². The van der Waals surface area contributed by atoms with E-state index in [0.29, 0.717) is 25.1 Å². The number of hydrogen-bond donors (Lipinski definition) is 1. The molecule has 0 amide bonds. The smallest absolute Gasteiger partial charge is 0.320 e. The van der Waals surface area contributed by atoms with Gasteiger partial charge in [-0.05, 0) is 43.0 Å². The molecule has 4 rings (SSSR count). The summed E-state index contributed by atoms with van der Waals surface area (Å²) in [6, 6.07) is 21.0. The Morgan fingerprint density at radius 2 is 1.60 bits per heavy atom. The van der Waals surface area contributed by atoms with Gasteiger partial charge < -0.3 is 10.1 Å². The third-order valence-electron chi connectivity index (χ3n) is 6.40. The van der Waals surface area contributed by atoms with Crippen LogP contribution >= 0.6 is 0 Å². The molecule has 0 aromatic heterocycles. The number of likely N-dealkylation sites (tertiary alicyclic amines) is 1. The molecule has 0 spiro atoms. The largest absolute Gasteiger partial charge is 0.460 e. The fraction of sp³-hybridized carbons (Fsp3) is 0.480. The number of carbonyl (C=O) groups excluding carboxylic acids is 1. The van der Waals surface area contributed by atoms with Crippen molar-refractivity contribution in [3.05, 3.63) is 71.8 Å². The number of ether oxygens (including phenoxy) is 1. The van der Waals surface area contributed by atoms with Crippen LogP contribution < -0.4 is 5.32 Å². The van der Waals surface area contributed by atoms with Crippen LogP contribution in [-0.2, 0) is 22.7 Å². The number of piperazine rings is 1. The molecule has 2 aliphatic heterocycles. The maximum absolute atomic E-state index is 12.5. The summed E-state index contributed by atoms with van der Waals surface area (Å²) >= 11 is 0. The molecule has 5 heteroatoms. The Morgan fingerprint density at radius 3 is 2.30 bits per heavy atom. The van der Waals surface area contributed by atoms with Gasteiger partial charge in [0.1, 0.15) is 6.61 Å². The molecule has 2 aliphatic rings. The number of nitrogens with zero attached hydrogens (tertiary/aromatic N) is 2. The number of nitrogens with one attached hydrogen (secondary N) is 1. The number of benzene rings is 2. The van der Waals surface area contributed by atoms with Gasteiger partial charge in [-0.1, -0.05) is 60.7 Å². The summed E-state index contributed by atoms with van der Waals surface area (Å²) < 4.78 is 5.54. The topological polar surface area (TPSA) is 44.8 Å². The van der Waals surface area contributed by atoms with Crippen LogP contribution in [0.4, 0.5) is 0 Å². The van der Waals surface area contributed by atoms with Gasteiger partial charge in [0.25, 0.3) is 0 Å². The molecular weight excluding hydrogens is 374 g/mol. The zero-order valence-corrected chi connectivity index (χ0v) is 17.7. The van der Waals surface area contributed by atoms with Gasteiger partial charge in [0.05, 0.1) is 6.54 Å². The molecular formula is C25H33N3O2. The van der Waals surface area contributed by atoms with Gasteiger partial charge in [0, 0.05) is 32.2 Å². The lowest BCUT2D eigenvalue weighted by atomic mass is 9.87. The van der Waals surface area contributed by atoms with Crippen molar-refractivity contribution in [2.45, 2.75) is 32.0 Å². The van der Waals surface area contributed by atoms with Crippen LogP contribution in [0.5, 0.6) is 0 Å². The van der Waals surface area contributed by atoms with Crippen molar-refractivity contribution < 1.29 is 9.53 Å². The highest BCUT2D eigenvalue weighted by Crippen LogP contribution is 2.26. The number of piperidine rings is 1. The molecule has 30 heavy (non-hydrogen) atoms. The predicted molar refractivity (Wildman–Crippen MR) is 119 cm³/mol. The molecule has 1 atom stereocenters. The zero-order valence-electron chi connectivity index (χ0n) is 17.7. The van der Waals surface area contributed by atoms with E-state index in [9.17, 15) is 4.79 Å². The average Bonchev–Trinajstić information content (AvgIpc) is 2.80. The van der Waals surface area contributed by atoms with Crippen LogP contribution in [0.1, 0.15) is 24.0 Å². The summed E-state index contributed by atoms with van der Waals surface area (Å²) in [4.78, 5) is 17.4. The quantitative estimate of drug-likeness (QED) is 0.715. The third-order valence-corrected chi connectivity index (χ3v) is 6.40. The fourth-order valence-electron chi connectivity index (χ4n) is 4.72. The van der Waals surface area contributed by atoms with Gasteiger partial charge >= 0.3 is 5.97 Å². The van der Waals surface area contributed by atoms with Crippen LogP contribution in [0.15, 0.2) is 60.7 Å². The molecule has 2 fully saturated rings. The van der Waals surface area contributed by atoms with Gasteiger partial charge in [-0.25, -0.2) is 0 Å². The normalized spacial score (nSPS) is 21.4. The first-order chi connectivity index (χ1) is 14.8. The lowest BCUT2D eigenvalue weighted by Gasteiger charge is -2.43. The molecule has 2 aromatic rings. The molecule has 0 aliphatic carbocycles. The highest BCUT2D eigenvalue weighted by molar-refractivity contribution is 5.71. The first kappa shape index (κ1) is 21.0. The van der Waals surface area contributed by atoms with Crippen molar-refractivity contribution in [2.24, 2.45) is 5.92 Å². The highest BCUT2D eigenvalue weighted by Gasteiger charge is 2.33. The Bertz CT molecular complexity index is 775. The summed E-state index contributed by atoms with van der Waals surface area (Å²) in [5.74, 6) is 0.513. The summed E-state index contributed by atoms with van der Waals surface area (Å²) in [5.41, 5.74) is 2.42. The fourth-order valence-corrected chi connectivity index (χ4v) is 4.72. The van der Waals surface area contributed by atoms with E-state index in [0.717, 1.165) is 44.8 Å². The van der Waals surface area contributed by atoms with Gasteiger partial charge in [-0.2, -0.15) is 0 Å². The second kappa shape index (κ2) is 10.7. The Labute approximate surface area is 180 Å². The Hall–Kier alpha value is -2.21. The van der Waals surface area contributed by atoms with Gasteiger partial charge in [0.2, 0.25) is 0 Å². The molecule has 160 valence electrons. The minimum absolute atomic E-state index is 0.118. The van der Waals surface area contributed by atoms with Crippen molar-refractivity contribution in [2.75, 3.05) is 39.3 Å². The van der Waals surface area contributed by atoms with Crippen molar-refractivity contribution >= 4 is 5.97 Å². The molecule has 0 radical (unpaired) electrons. The summed E-state index contributed by atoms with van der Waals surface area (Å²) in [6.07, 6.45) is 2.38. The Morgan fingerprint density at radius 1 is 0.933 bits per heavy atom. The van der Waals surface area contributed by atoms with Crippen molar-refractivity contribution in [1.29, 1.82) is 0 Å². The second-order valence-corrected chi connectivity index (χ2v) is 8.49. The van der Waals surface area contributed by atoms with E-state index in [-0.39, 0.29) is 5.97 Å². The number of carbonyl (C=O) groups is 1. The second-order valence-electron chi connectivity index (χ2n) is 8.49. The zero-order chi connectivity index (χ0) is 20.6. The number of esters is 1. The molecule has 1 N–H and O–H groups in total. The Balaban J connectivity index is 1.26. The summed E-state index contributed by atoms with van der Waals surface area (Å²) in [5, 5.41) is 3.54. The minimum Gasteiger partial charge on any atom is -0.460 e. The Kier molecular flexibility index (Phi) is 7.51. The van der Waals surface area contributed by atoms with Crippen molar-refractivity contribution in [3.8, 4) is 0 Å². The first-order valence-corrected chi connectivity index (χ1v) is 11.2. The van der Waals surface area contributed by atoms with Gasteiger partial charge in [0.15, 0.2) is 0 Å². The van der Waals surface area contributed by atoms with E-state index >= 15 is 0 Å². The number of hydrogen-bond acceptors (Lipinski definition) is 5. The van der Waals surface area contributed by atoms with Gasteiger partial charge in [-0.3, -0.25) is 14.6 Å². The molecule has 2 heterocycles. The van der Waals surface area contributed by atoms with E-state index in [1.165, 1.54) is 18.4 Å². The van der Waals surface area contributed by atoms with Gasteiger partial charge in [-0.15, -0.1) is 0 Å². The lowest BCUT2D eigenvalue weighted by molar-refractivity contribution is -0.147. The standard InChI is InChI=1S/C25H33N3O2/c29-25(30-20-22-9-5-2-6-10-22)19-28-16-13-26-17-24(28)23-11-14-27(15-12-23)18-21-7-3-1-4-8-21/h1-10,23-24,26H,11-20H2. The van der Waals surface area contributed by atoms with Crippen LogP contribution in [0.3, 0.4) is 0 Å². The maximum atomic E-state index is 12.5. The van der Waals surface area contributed by atoms with E-state index in [1.807, 2.05) is 30.3 Å². The van der Waals surface area contributed by atoms with E-state index in [1.54, 1.807) is 0 Å². The highest BCUT2D eigenvalue weighted by atomic mass is 16.5. The maximum Gasteiger partial charge on any atom is 0.320 e. The molecule has 5 nitrogen and oxygen atoms in total. The van der Waals surface area contributed by atoms with E-state index in [2.05, 4.69) is 45.4 Å². The number of rotatable bonds is 7. The summed E-state index contributed by atoms with van der Waals surface area (Å²) in [7, 11) is 0. The van der Waals surface area contributed by atoms with E-state index in [4.69, 9.17) is 4.74 Å². The SMILES string of the molecule is O=C(CN1CCNCC1C1CCN(Cc2ccccc2)CC1)OCc1ccccc1. The monoisotopic (exact) mass is 407 g/mol. The molecule has 0 saturated carbocycles. The predicted octanol–water partition coefficient (Wildman–Crippen LogP) is 2.92. The average molecular weight is 408 g/mol. The first-order valence-electron chi connectivity index (χ1n) is 11.2. The van der Waals surface area contributed by atoms with Crippen LogP contribution in [0, 0.1) is 5.92 Å². The lowest BCUT2D eigenvalue weighted by Crippen LogP contribution is -2.57. The van der Waals surface area contributed by atoms with Crippen LogP contribution in [-0.4, -0.2) is 61.1 Å². The molecule has 2 aromatic carbocycles. The minimum atomic E-state index is -0.118. The van der Waals surface area contributed by atoms with Crippen molar-refractivity contribution in [3.63, 3.8) is 0 Å². The van der Waals surface area contributed by atoms with E-state index < -0.39 is 0 Å².